The lowest BCUT2D eigenvalue weighted by atomic mass is 9.97. The standard InChI is InChI=1S/C52H33NOS/c1-2-9-37-31-40(17-16-34(37)8-1)39-11-7-10-38(30-39)35-18-23-42(24-19-35)53(44-27-29-48-47-13-4-6-15-51(47)55-52(48)33-44)43-25-20-36(21-26-43)41-22-28-46-45-12-3-5-14-49(45)54-50(46)32-41/h1-33H. The van der Waals surface area contributed by atoms with E-state index in [0.29, 0.717) is 0 Å². The van der Waals surface area contributed by atoms with Gasteiger partial charge in [0.15, 0.2) is 0 Å². The van der Waals surface area contributed by atoms with Gasteiger partial charge in [0.05, 0.1) is 0 Å². The summed E-state index contributed by atoms with van der Waals surface area (Å²) in [5.74, 6) is 0. The molecule has 0 fully saturated rings. The minimum Gasteiger partial charge on any atom is -0.456 e. The Labute approximate surface area is 322 Å². The number of para-hydroxylation sites is 1. The highest BCUT2D eigenvalue weighted by Gasteiger charge is 2.16. The molecule has 0 spiro atoms. The van der Waals surface area contributed by atoms with Gasteiger partial charge in [-0.3, -0.25) is 0 Å². The Morgan fingerprint density at radius 1 is 0.309 bits per heavy atom. The van der Waals surface area contributed by atoms with Gasteiger partial charge in [0.25, 0.3) is 0 Å². The van der Waals surface area contributed by atoms with E-state index < -0.39 is 0 Å². The van der Waals surface area contributed by atoms with Crippen molar-refractivity contribution >= 4 is 81.3 Å². The Morgan fingerprint density at radius 3 is 1.65 bits per heavy atom. The molecule has 0 bridgehead atoms. The van der Waals surface area contributed by atoms with Crippen LogP contribution in [0.5, 0.6) is 0 Å². The summed E-state index contributed by atoms with van der Waals surface area (Å²) in [6.45, 7) is 0. The molecule has 11 rings (SSSR count). The third kappa shape index (κ3) is 5.56. The van der Waals surface area contributed by atoms with Gasteiger partial charge in [-0.1, -0.05) is 127 Å². The first kappa shape index (κ1) is 31.6. The molecule has 0 unspecified atom stereocenters. The van der Waals surface area contributed by atoms with Gasteiger partial charge < -0.3 is 9.32 Å². The number of hydrogen-bond donors (Lipinski definition) is 0. The third-order valence-corrected chi connectivity index (χ3v) is 12.0. The Morgan fingerprint density at radius 2 is 0.855 bits per heavy atom. The van der Waals surface area contributed by atoms with Crippen molar-refractivity contribution in [2.75, 3.05) is 4.90 Å². The third-order valence-electron chi connectivity index (χ3n) is 10.9. The van der Waals surface area contributed by atoms with E-state index in [2.05, 4.69) is 193 Å². The van der Waals surface area contributed by atoms with Gasteiger partial charge >= 0.3 is 0 Å². The lowest BCUT2D eigenvalue weighted by Gasteiger charge is -2.26. The molecule has 0 radical (unpaired) electrons. The molecule has 11 aromatic rings. The molecular weight excluding hydrogens is 687 g/mol. The number of nitrogens with zero attached hydrogens (tertiary/aromatic N) is 1. The van der Waals surface area contributed by atoms with E-state index in [1.807, 2.05) is 23.5 Å². The molecule has 0 amide bonds. The van der Waals surface area contributed by atoms with Crippen LogP contribution in [-0.4, -0.2) is 0 Å². The zero-order valence-electron chi connectivity index (χ0n) is 29.8. The average Bonchev–Trinajstić information content (AvgIpc) is 3.82. The van der Waals surface area contributed by atoms with Crippen molar-refractivity contribution in [3.05, 3.63) is 200 Å². The summed E-state index contributed by atoms with van der Waals surface area (Å²) in [5.41, 5.74) is 12.2. The molecular formula is C52H33NOS. The first-order valence-corrected chi connectivity index (χ1v) is 19.5. The van der Waals surface area contributed by atoms with E-state index in [0.717, 1.165) is 50.1 Å². The van der Waals surface area contributed by atoms with Gasteiger partial charge in [-0.2, -0.15) is 0 Å². The van der Waals surface area contributed by atoms with Crippen molar-refractivity contribution in [2.24, 2.45) is 0 Å². The molecule has 0 aliphatic carbocycles. The molecule has 0 saturated heterocycles. The molecule has 3 heteroatoms. The van der Waals surface area contributed by atoms with Crippen LogP contribution in [-0.2, 0) is 0 Å². The van der Waals surface area contributed by atoms with Crippen LogP contribution in [0.15, 0.2) is 205 Å². The minimum absolute atomic E-state index is 0.906. The second-order valence-corrected chi connectivity index (χ2v) is 15.2. The lowest BCUT2D eigenvalue weighted by Crippen LogP contribution is -2.09. The summed E-state index contributed by atoms with van der Waals surface area (Å²) in [7, 11) is 0. The fourth-order valence-electron chi connectivity index (χ4n) is 8.06. The predicted molar refractivity (Wildman–Crippen MR) is 235 cm³/mol. The summed E-state index contributed by atoms with van der Waals surface area (Å²) in [4.78, 5) is 2.37. The summed E-state index contributed by atoms with van der Waals surface area (Å²) in [6.07, 6.45) is 0. The number of furan rings is 1. The number of rotatable bonds is 6. The maximum Gasteiger partial charge on any atom is 0.136 e. The van der Waals surface area contributed by atoms with Gasteiger partial charge in [0.2, 0.25) is 0 Å². The Balaban J connectivity index is 0.969. The highest BCUT2D eigenvalue weighted by molar-refractivity contribution is 7.25. The topological polar surface area (TPSA) is 16.4 Å². The molecule has 2 nitrogen and oxygen atoms in total. The van der Waals surface area contributed by atoms with E-state index in [4.69, 9.17) is 4.42 Å². The number of thiophene rings is 1. The summed E-state index contributed by atoms with van der Waals surface area (Å²) < 4.78 is 8.81. The largest absolute Gasteiger partial charge is 0.456 e. The Bertz CT molecular complexity index is 3210. The van der Waals surface area contributed by atoms with E-state index in [-0.39, 0.29) is 0 Å². The highest BCUT2D eigenvalue weighted by Crippen LogP contribution is 2.42. The molecule has 55 heavy (non-hydrogen) atoms. The summed E-state index contributed by atoms with van der Waals surface area (Å²) in [5, 5.41) is 7.40. The minimum atomic E-state index is 0.906. The van der Waals surface area contributed by atoms with Crippen LogP contribution in [0.4, 0.5) is 17.1 Å². The van der Waals surface area contributed by atoms with Crippen LogP contribution in [0.2, 0.25) is 0 Å². The number of anilines is 3. The summed E-state index contributed by atoms with van der Waals surface area (Å²) in [6, 6.07) is 72.3. The Kier molecular flexibility index (Phi) is 7.39. The van der Waals surface area contributed by atoms with Crippen LogP contribution in [0.25, 0.3) is 86.3 Å². The maximum absolute atomic E-state index is 6.23. The second kappa shape index (κ2) is 12.9. The van der Waals surface area contributed by atoms with Crippen molar-refractivity contribution in [3.8, 4) is 33.4 Å². The molecule has 0 aliphatic rings. The Hall–Kier alpha value is -6.94. The first-order chi connectivity index (χ1) is 27.2. The molecule has 258 valence electrons. The summed E-state index contributed by atoms with van der Waals surface area (Å²) >= 11 is 1.85. The van der Waals surface area contributed by atoms with Crippen molar-refractivity contribution in [2.45, 2.75) is 0 Å². The van der Waals surface area contributed by atoms with E-state index in [1.54, 1.807) is 0 Å². The monoisotopic (exact) mass is 719 g/mol. The van der Waals surface area contributed by atoms with E-state index in [1.165, 1.54) is 53.2 Å². The van der Waals surface area contributed by atoms with E-state index in [9.17, 15) is 0 Å². The number of benzene rings is 9. The number of hydrogen-bond acceptors (Lipinski definition) is 3. The molecule has 2 aromatic heterocycles. The first-order valence-electron chi connectivity index (χ1n) is 18.6. The van der Waals surface area contributed by atoms with Gasteiger partial charge in [-0.05, 0) is 117 Å². The SMILES string of the molecule is c1cc(-c2ccc(N(c3ccc(-c4ccc5c(c4)oc4ccccc45)cc3)c3ccc4c(c3)sc3ccccc34)cc2)cc(-c2ccc3ccccc3c2)c1. The van der Waals surface area contributed by atoms with Gasteiger partial charge in [0, 0.05) is 48.0 Å². The smallest absolute Gasteiger partial charge is 0.136 e. The van der Waals surface area contributed by atoms with Gasteiger partial charge in [0.1, 0.15) is 11.2 Å². The van der Waals surface area contributed by atoms with Crippen molar-refractivity contribution in [3.63, 3.8) is 0 Å². The van der Waals surface area contributed by atoms with Crippen LogP contribution in [0, 0.1) is 0 Å². The molecule has 0 saturated carbocycles. The maximum atomic E-state index is 6.23. The van der Waals surface area contributed by atoms with Crippen molar-refractivity contribution in [1.29, 1.82) is 0 Å². The van der Waals surface area contributed by atoms with Gasteiger partial charge in [-0.25, -0.2) is 0 Å². The molecule has 2 heterocycles. The normalized spacial score (nSPS) is 11.6. The van der Waals surface area contributed by atoms with Crippen LogP contribution >= 0.6 is 11.3 Å². The zero-order chi connectivity index (χ0) is 36.3. The van der Waals surface area contributed by atoms with Crippen LogP contribution in [0.3, 0.4) is 0 Å². The molecule has 0 atom stereocenters. The van der Waals surface area contributed by atoms with E-state index >= 15 is 0 Å². The van der Waals surface area contributed by atoms with Gasteiger partial charge in [-0.15, -0.1) is 11.3 Å². The van der Waals surface area contributed by atoms with Crippen molar-refractivity contribution < 1.29 is 4.42 Å². The number of fused-ring (bicyclic) bond motifs is 7. The molecule has 0 aliphatic heterocycles. The van der Waals surface area contributed by atoms with Crippen LogP contribution in [0.1, 0.15) is 0 Å². The lowest BCUT2D eigenvalue weighted by molar-refractivity contribution is 0.669. The predicted octanol–water partition coefficient (Wildman–Crippen LogP) is 15.6. The molecule has 0 N–H and O–H groups in total. The zero-order valence-corrected chi connectivity index (χ0v) is 30.6. The molecule has 9 aromatic carbocycles. The van der Waals surface area contributed by atoms with Crippen LogP contribution < -0.4 is 4.90 Å². The fourth-order valence-corrected chi connectivity index (χ4v) is 9.20. The average molecular weight is 720 g/mol. The highest BCUT2D eigenvalue weighted by atomic mass is 32.1. The van der Waals surface area contributed by atoms with Crippen molar-refractivity contribution in [1.82, 2.24) is 0 Å². The second-order valence-electron chi connectivity index (χ2n) is 14.2. The fraction of sp³-hybridized carbons (Fsp3) is 0. The quantitative estimate of drug-likeness (QED) is 0.170.